The highest BCUT2D eigenvalue weighted by atomic mass is 16.5. The molecule has 0 fully saturated rings. The van der Waals surface area contributed by atoms with Gasteiger partial charge in [0.25, 0.3) is 0 Å². The van der Waals surface area contributed by atoms with Crippen LogP contribution < -0.4 is 9.47 Å². The molecule has 40 heavy (non-hydrogen) atoms. The molecule has 216 valence electrons. The van der Waals surface area contributed by atoms with Crippen LogP contribution in [0.25, 0.3) is 0 Å². The van der Waals surface area contributed by atoms with E-state index in [0.717, 1.165) is 52.9 Å². The van der Waals surface area contributed by atoms with Crippen molar-refractivity contribution in [2.75, 3.05) is 34.0 Å². The van der Waals surface area contributed by atoms with Crippen LogP contribution in [0.4, 0.5) is 0 Å². The smallest absolute Gasteiger partial charge is 0.165 e. The number of nitrogens with zero attached hydrogens (tertiary/aromatic N) is 1. The number of hydrogen-bond donors (Lipinski definition) is 0. The van der Waals surface area contributed by atoms with E-state index in [2.05, 4.69) is 51.8 Å². The lowest BCUT2D eigenvalue weighted by Crippen LogP contribution is -2.44. The number of allylic oxidation sites excluding steroid dienone is 5. The maximum absolute atomic E-state index is 14.1. The summed E-state index contributed by atoms with van der Waals surface area (Å²) in [5, 5.41) is 0. The van der Waals surface area contributed by atoms with E-state index in [0.29, 0.717) is 50.5 Å². The zero-order valence-corrected chi connectivity index (χ0v) is 25.2. The number of hydrogen-bond acceptors (Lipinski definition) is 6. The van der Waals surface area contributed by atoms with Gasteiger partial charge in [0.05, 0.1) is 7.11 Å². The van der Waals surface area contributed by atoms with Crippen molar-refractivity contribution < 1.29 is 23.8 Å². The largest absolute Gasteiger partial charge is 0.493 e. The normalized spacial score (nSPS) is 20.3. The maximum Gasteiger partial charge on any atom is 0.165 e. The highest BCUT2D eigenvalue weighted by Gasteiger charge is 2.49. The first-order valence-corrected chi connectivity index (χ1v) is 14.3. The minimum absolute atomic E-state index is 0.119. The minimum Gasteiger partial charge on any atom is -0.493 e. The minimum atomic E-state index is -0.443. The molecule has 0 atom stereocenters. The first kappa shape index (κ1) is 29.9. The molecule has 0 aromatic heterocycles. The van der Waals surface area contributed by atoms with Crippen molar-refractivity contribution in [1.29, 1.82) is 0 Å². The van der Waals surface area contributed by atoms with Gasteiger partial charge in [-0.15, -0.1) is 6.58 Å². The number of methoxy groups -OCH3 is 2. The summed E-state index contributed by atoms with van der Waals surface area (Å²) in [6.45, 7) is 18.0. The van der Waals surface area contributed by atoms with E-state index in [9.17, 15) is 9.59 Å². The van der Waals surface area contributed by atoms with Crippen LogP contribution in [0.5, 0.6) is 11.5 Å². The molecule has 0 bridgehead atoms. The molecule has 1 aromatic carbocycles. The molecule has 6 nitrogen and oxygen atoms in total. The highest BCUT2D eigenvalue weighted by molar-refractivity contribution is 6.06. The van der Waals surface area contributed by atoms with Crippen LogP contribution in [0.15, 0.2) is 60.0 Å². The molecule has 0 amide bonds. The van der Waals surface area contributed by atoms with E-state index in [1.165, 1.54) is 0 Å². The third-order valence-corrected chi connectivity index (χ3v) is 8.17. The Hall–Kier alpha value is -3.12. The van der Waals surface area contributed by atoms with Crippen molar-refractivity contribution in [3.63, 3.8) is 0 Å². The molecule has 0 saturated carbocycles. The number of ketones is 2. The lowest BCUT2D eigenvalue weighted by atomic mass is 9.63. The van der Waals surface area contributed by atoms with Crippen molar-refractivity contribution in [3.05, 3.63) is 71.1 Å². The van der Waals surface area contributed by atoms with Crippen LogP contribution >= 0.6 is 0 Å². The third-order valence-electron chi connectivity index (χ3n) is 8.17. The Kier molecular flexibility index (Phi) is 8.79. The van der Waals surface area contributed by atoms with Gasteiger partial charge in [-0.25, -0.2) is 0 Å². The molecule has 0 N–H and O–H groups in total. The molecular formula is C34H45NO5. The van der Waals surface area contributed by atoms with Crippen LogP contribution in [0.3, 0.4) is 0 Å². The zero-order valence-electron chi connectivity index (χ0n) is 25.2. The second-order valence-electron chi connectivity index (χ2n) is 12.8. The third kappa shape index (κ3) is 5.83. The van der Waals surface area contributed by atoms with E-state index < -0.39 is 5.92 Å². The number of Topliss-reactive ketones (excluding diaryl/α,β-unsaturated/α-hetero) is 2. The van der Waals surface area contributed by atoms with Gasteiger partial charge in [-0.3, -0.25) is 9.59 Å². The van der Waals surface area contributed by atoms with Gasteiger partial charge in [0.15, 0.2) is 23.1 Å². The standard InChI is InChI=1S/C34H45NO5/c1-9-12-22-16-23(17-28(39-8)32(22)40-14-10-2)29-30-24(18-33(3,4)20-26(30)36)35(13-11-15-38-7)25-19-34(5,6)21-27(37)31(25)29/h9-10,16-17,29H,1-2,11-15,18-21H2,3-8H3. The second-order valence-corrected chi connectivity index (χ2v) is 12.8. The van der Waals surface area contributed by atoms with Gasteiger partial charge in [-0.05, 0) is 48.1 Å². The van der Waals surface area contributed by atoms with E-state index in [1.807, 2.05) is 12.1 Å². The van der Waals surface area contributed by atoms with Gasteiger partial charge >= 0.3 is 0 Å². The monoisotopic (exact) mass is 547 g/mol. The number of rotatable bonds is 11. The SMILES string of the molecule is C=CCOc1c(CC=C)cc(C2C3=C(CC(C)(C)CC3=O)N(CCCOC)C3=C2C(=O)CC(C)(C)C3)cc1OC. The number of carbonyl (C=O) groups is 2. The Morgan fingerprint density at radius 3 is 2.02 bits per heavy atom. The van der Waals surface area contributed by atoms with Crippen molar-refractivity contribution in [3.8, 4) is 11.5 Å². The predicted molar refractivity (Wildman–Crippen MR) is 159 cm³/mol. The summed E-state index contributed by atoms with van der Waals surface area (Å²) < 4.78 is 17.2. The molecule has 1 aliphatic heterocycles. The Labute approximate surface area is 239 Å². The molecule has 1 aromatic rings. The van der Waals surface area contributed by atoms with Crippen LogP contribution in [-0.2, 0) is 20.7 Å². The van der Waals surface area contributed by atoms with Gasteiger partial charge in [-0.1, -0.05) is 52.5 Å². The van der Waals surface area contributed by atoms with Crippen LogP contribution in [-0.4, -0.2) is 50.4 Å². The van der Waals surface area contributed by atoms with Crippen molar-refractivity contribution in [2.24, 2.45) is 10.8 Å². The molecule has 4 rings (SSSR count). The van der Waals surface area contributed by atoms with E-state index >= 15 is 0 Å². The summed E-state index contributed by atoms with van der Waals surface area (Å²) in [5.74, 6) is 1.01. The summed E-state index contributed by atoms with van der Waals surface area (Å²) in [7, 11) is 3.33. The van der Waals surface area contributed by atoms with Gasteiger partial charge in [-0.2, -0.15) is 0 Å². The summed E-state index contributed by atoms with van der Waals surface area (Å²) in [4.78, 5) is 30.4. The fraction of sp³-hybridized carbons (Fsp3) is 0.529. The average molecular weight is 548 g/mol. The van der Waals surface area contributed by atoms with E-state index in [1.54, 1.807) is 20.3 Å². The number of ether oxygens (including phenoxy) is 3. The molecule has 0 unspecified atom stereocenters. The van der Waals surface area contributed by atoms with Crippen LogP contribution in [0.2, 0.25) is 0 Å². The molecule has 1 heterocycles. The van der Waals surface area contributed by atoms with Gasteiger partial charge < -0.3 is 19.1 Å². The number of carbonyl (C=O) groups excluding carboxylic acids is 2. The molecule has 6 heteroatoms. The number of benzene rings is 1. The van der Waals surface area contributed by atoms with Crippen molar-refractivity contribution in [2.45, 2.75) is 72.1 Å². The fourth-order valence-corrected chi connectivity index (χ4v) is 6.63. The van der Waals surface area contributed by atoms with Gasteiger partial charge in [0, 0.05) is 67.1 Å². The zero-order chi connectivity index (χ0) is 29.2. The highest BCUT2D eigenvalue weighted by Crippen LogP contribution is 2.55. The Morgan fingerprint density at radius 2 is 1.52 bits per heavy atom. The quantitative estimate of drug-likeness (QED) is 0.227. The van der Waals surface area contributed by atoms with Crippen LogP contribution in [0.1, 0.15) is 76.8 Å². The molecule has 0 saturated heterocycles. The summed E-state index contributed by atoms with van der Waals surface area (Å²) in [5.41, 5.74) is 5.10. The lowest BCUT2D eigenvalue weighted by molar-refractivity contribution is -0.119. The Balaban J connectivity index is 2.00. The van der Waals surface area contributed by atoms with Gasteiger partial charge in [0.2, 0.25) is 0 Å². The maximum atomic E-state index is 14.1. The summed E-state index contributed by atoms with van der Waals surface area (Å²) in [6.07, 6.45) is 7.36. The first-order valence-electron chi connectivity index (χ1n) is 14.3. The molecule has 0 spiro atoms. The molecule has 2 aliphatic carbocycles. The summed E-state index contributed by atoms with van der Waals surface area (Å²) in [6, 6.07) is 4.02. The second kappa shape index (κ2) is 11.8. The Bertz CT molecular complexity index is 1210. The molecule has 3 aliphatic rings. The first-order chi connectivity index (χ1) is 19.0. The van der Waals surface area contributed by atoms with E-state index in [4.69, 9.17) is 14.2 Å². The molecular weight excluding hydrogens is 502 g/mol. The summed E-state index contributed by atoms with van der Waals surface area (Å²) >= 11 is 0. The van der Waals surface area contributed by atoms with Crippen molar-refractivity contribution >= 4 is 11.6 Å². The average Bonchev–Trinajstić information content (AvgIpc) is 2.86. The fourth-order valence-electron chi connectivity index (χ4n) is 6.63. The lowest BCUT2D eigenvalue weighted by Gasteiger charge is -2.49. The Morgan fingerprint density at radius 1 is 0.925 bits per heavy atom. The van der Waals surface area contributed by atoms with E-state index in [-0.39, 0.29) is 22.4 Å². The molecule has 0 radical (unpaired) electrons. The topological polar surface area (TPSA) is 65.1 Å². The van der Waals surface area contributed by atoms with Gasteiger partial charge in [0.1, 0.15) is 6.61 Å². The van der Waals surface area contributed by atoms with Crippen LogP contribution in [0, 0.1) is 10.8 Å². The van der Waals surface area contributed by atoms with Crippen molar-refractivity contribution in [1.82, 2.24) is 4.90 Å². The predicted octanol–water partition coefficient (Wildman–Crippen LogP) is 6.71.